The quantitative estimate of drug-likeness (QED) is 0.749. The highest BCUT2D eigenvalue weighted by atomic mass is 19.3. The van der Waals surface area contributed by atoms with E-state index in [1.807, 2.05) is 0 Å². The first kappa shape index (κ1) is 10.4. The summed E-state index contributed by atoms with van der Waals surface area (Å²) in [5, 5.41) is 3.65. The van der Waals surface area contributed by atoms with Crippen molar-refractivity contribution in [3.05, 3.63) is 36.3 Å². The van der Waals surface area contributed by atoms with Crippen molar-refractivity contribution in [2.75, 3.05) is 0 Å². The van der Waals surface area contributed by atoms with Crippen molar-refractivity contribution in [3.8, 4) is 11.3 Å². The maximum Gasteiger partial charge on any atom is 0.333 e. The Morgan fingerprint density at radius 3 is 2.75 bits per heavy atom. The Bertz CT molecular complexity index is 496. The van der Waals surface area contributed by atoms with Crippen molar-refractivity contribution in [2.24, 2.45) is 0 Å². The van der Waals surface area contributed by atoms with Crippen LogP contribution < -0.4 is 0 Å². The summed E-state index contributed by atoms with van der Waals surface area (Å²) in [6.45, 7) is -2.83. The van der Waals surface area contributed by atoms with Crippen molar-refractivity contribution >= 4 is 6.29 Å². The molecule has 2 aromatic heterocycles. The lowest BCUT2D eigenvalue weighted by molar-refractivity contribution is 0.0535. The summed E-state index contributed by atoms with van der Waals surface area (Å²) < 4.78 is 25.3. The number of hydrogen-bond acceptors (Lipinski definition) is 3. The van der Waals surface area contributed by atoms with Crippen LogP contribution in [-0.4, -0.2) is 21.1 Å². The van der Waals surface area contributed by atoms with Crippen molar-refractivity contribution in [2.45, 2.75) is 6.55 Å². The van der Waals surface area contributed by atoms with Gasteiger partial charge in [0.15, 0.2) is 6.29 Å². The number of carbonyl (C=O) groups is 1. The van der Waals surface area contributed by atoms with Gasteiger partial charge in [-0.25, -0.2) is 4.68 Å². The van der Waals surface area contributed by atoms with Crippen LogP contribution in [0.3, 0.4) is 0 Å². The number of pyridine rings is 1. The first-order chi connectivity index (χ1) is 7.72. The Morgan fingerprint density at radius 1 is 1.44 bits per heavy atom. The molecular weight excluding hydrogens is 216 g/mol. The number of carbonyl (C=O) groups excluding carboxylic acids is 1. The molecule has 2 heterocycles. The SMILES string of the molecule is O=Cc1cc(-c2cccnc2)nn1C(F)F. The van der Waals surface area contributed by atoms with Gasteiger partial charge in [-0.2, -0.15) is 13.9 Å². The third kappa shape index (κ3) is 1.81. The highest BCUT2D eigenvalue weighted by Gasteiger charge is 2.15. The first-order valence-corrected chi connectivity index (χ1v) is 4.45. The number of aldehydes is 1. The van der Waals surface area contributed by atoms with Gasteiger partial charge in [-0.1, -0.05) is 0 Å². The molecule has 0 unspecified atom stereocenters. The molecule has 0 aliphatic carbocycles. The van der Waals surface area contributed by atoms with E-state index in [0.29, 0.717) is 22.2 Å². The van der Waals surface area contributed by atoms with Crippen LogP contribution >= 0.6 is 0 Å². The molecule has 82 valence electrons. The average Bonchev–Trinajstić information content (AvgIpc) is 2.74. The second-order valence-corrected chi connectivity index (χ2v) is 3.04. The summed E-state index contributed by atoms with van der Waals surface area (Å²) in [7, 11) is 0. The van der Waals surface area contributed by atoms with Crippen LogP contribution in [0.5, 0.6) is 0 Å². The molecule has 6 heteroatoms. The van der Waals surface area contributed by atoms with Crippen LogP contribution in [0.15, 0.2) is 30.6 Å². The molecule has 0 fully saturated rings. The minimum Gasteiger partial charge on any atom is -0.296 e. The van der Waals surface area contributed by atoms with Crippen molar-refractivity contribution in [3.63, 3.8) is 0 Å². The number of rotatable bonds is 3. The van der Waals surface area contributed by atoms with Crippen LogP contribution in [0, 0.1) is 0 Å². The molecular formula is C10H7F2N3O. The minimum atomic E-state index is -2.83. The molecule has 0 aliphatic heterocycles. The predicted octanol–water partition coefficient (Wildman–Crippen LogP) is 2.15. The number of alkyl halides is 2. The number of aromatic nitrogens is 3. The second-order valence-electron chi connectivity index (χ2n) is 3.04. The van der Waals surface area contributed by atoms with Gasteiger partial charge >= 0.3 is 6.55 Å². The summed E-state index contributed by atoms with van der Waals surface area (Å²) in [6.07, 6.45) is 3.40. The van der Waals surface area contributed by atoms with Gasteiger partial charge in [-0.05, 0) is 18.2 Å². The van der Waals surface area contributed by atoms with Gasteiger partial charge < -0.3 is 0 Å². The molecule has 16 heavy (non-hydrogen) atoms. The fourth-order valence-electron chi connectivity index (χ4n) is 1.31. The zero-order chi connectivity index (χ0) is 11.5. The number of halogens is 2. The smallest absolute Gasteiger partial charge is 0.296 e. The fourth-order valence-corrected chi connectivity index (χ4v) is 1.31. The molecule has 4 nitrogen and oxygen atoms in total. The highest BCUT2D eigenvalue weighted by Crippen LogP contribution is 2.20. The monoisotopic (exact) mass is 223 g/mol. The van der Waals surface area contributed by atoms with Crippen LogP contribution in [0.2, 0.25) is 0 Å². The van der Waals surface area contributed by atoms with Crippen LogP contribution in [0.25, 0.3) is 11.3 Å². The maximum atomic E-state index is 12.5. The third-order valence-corrected chi connectivity index (χ3v) is 2.03. The second kappa shape index (κ2) is 4.18. The zero-order valence-corrected chi connectivity index (χ0v) is 8.05. The minimum absolute atomic E-state index is 0.158. The molecule has 0 aromatic carbocycles. The summed E-state index contributed by atoms with van der Waals surface area (Å²) in [4.78, 5) is 14.4. The summed E-state index contributed by atoms with van der Waals surface area (Å²) in [5.41, 5.74) is 0.731. The predicted molar refractivity (Wildman–Crippen MR) is 52.1 cm³/mol. The Kier molecular flexibility index (Phi) is 2.72. The summed E-state index contributed by atoms with van der Waals surface area (Å²) >= 11 is 0. The van der Waals surface area contributed by atoms with Crippen LogP contribution in [-0.2, 0) is 0 Å². The van der Waals surface area contributed by atoms with Crippen LogP contribution in [0.4, 0.5) is 8.78 Å². The van der Waals surface area contributed by atoms with E-state index in [1.165, 1.54) is 12.3 Å². The van der Waals surface area contributed by atoms with Gasteiger partial charge in [0.1, 0.15) is 5.69 Å². The molecule has 0 N–H and O–H groups in total. The Labute approximate surface area is 89.5 Å². The molecule has 0 aliphatic rings. The van der Waals surface area contributed by atoms with E-state index in [-0.39, 0.29) is 5.69 Å². The van der Waals surface area contributed by atoms with E-state index >= 15 is 0 Å². The lowest BCUT2D eigenvalue weighted by atomic mass is 10.2. The molecule has 2 aromatic rings. The lowest BCUT2D eigenvalue weighted by Crippen LogP contribution is -2.04. The highest BCUT2D eigenvalue weighted by molar-refractivity contribution is 5.75. The van der Waals surface area contributed by atoms with Gasteiger partial charge in [0.2, 0.25) is 0 Å². The Balaban J connectivity index is 2.48. The largest absolute Gasteiger partial charge is 0.333 e. The van der Waals surface area contributed by atoms with Gasteiger partial charge in [0, 0.05) is 18.0 Å². The number of hydrogen-bond donors (Lipinski definition) is 0. The molecule has 0 saturated heterocycles. The third-order valence-electron chi connectivity index (χ3n) is 2.03. The normalized spacial score (nSPS) is 10.7. The maximum absolute atomic E-state index is 12.5. The van der Waals surface area contributed by atoms with Gasteiger partial charge in [-0.3, -0.25) is 9.78 Å². The number of nitrogens with zero attached hydrogens (tertiary/aromatic N) is 3. The van der Waals surface area contributed by atoms with Gasteiger partial charge in [0.05, 0.1) is 5.69 Å². The standard InChI is InChI=1S/C10H7F2N3O/c11-10(12)15-8(6-16)4-9(14-15)7-2-1-3-13-5-7/h1-6,10H. The Morgan fingerprint density at radius 2 is 2.25 bits per heavy atom. The van der Waals surface area contributed by atoms with Crippen LogP contribution in [0.1, 0.15) is 17.0 Å². The van der Waals surface area contributed by atoms with E-state index < -0.39 is 6.55 Å². The molecule has 0 bridgehead atoms. The van der Waals surface area contributed by atoms with Crippen molar-refractivity contribution < 1.29 is 13.6 Å². The zero-order valence-electron chi connectivity index (χ0n) is 8.05. The molecule has 0 spiro atoms. The molecule has 2 rings (SSSR count). The van der Waals surface area contributed by atoms with E-state index in [9.17, 15) is 13.6 Å². The molecule has 0 amide bonds. The molecule has 0 radical (unpaired) electrons. The topological polar surface area (TPSA) is 47.8 Å². The van der Waals surface area contributed by atoms with E-state index in [0.717, 1.165) is 0 Å². The van der Waals surface area contributed by atoms with Crippen molar-refractivity contribution in [1.82, 2.24) is 14.8 Å². The summed E-state index contributed by atoms with van der Waals surface area (Å²) in [6, 6.07) is 4.65. The first-order valence-electron chi connectivity index (χ1n) is 4.45. The molecule has 0 atom stereocenters. The van der Waals surface area contributed by atoms with E-state index in [2.05, 4.69) is 10.1 Å². The Hall–Kier alpha value is -2.11. The van der Waals surface area contributed by atoms with Gasteiger partial charge in [0.25, 0.3) is 0 Å². The average molecular weight is 223 g/mol. The lowest BCUT2D eigenvalue weighted by Gasteiger charge is -1.99. The van der Waals surface area contributed by atoms with Crippen molar-refractivity contribution in [1.29, 1.82) is 0 Å². The fraction of sp³-hybridized carbons (Fsp3) is 0.100. The van der Waals surface area contributed by atoms with E-state index in [4.69, 9.17) is 0 Å². The van der Waals surface area contributed by atoms with Gasteiger partial charge in [-0.15, -0.1) is 0 Å². The summed E-state index contributed by atoms with van der Waals surface area (Å²) in [5.74, 6) is 0. The van der Waals surface area contributed by atoms with E-state index in [1.54, 1.807) is 18.3 Å². The molecule has 0 saturated carbocycles.